The first kappa shape index (κ1) is 15.2. The lowest BCUT2D eigenvalue weighted by molar-refractivity contribution is 0.120. The Balaban J connectivity index is 2.11. The van der Waals surface area contributed by atoms with Crippen LogP contribution in [0.15, 0.2) is 24.3 Å². The molecule has 0 bridgehead atoms. The van der Waals surface area contributed by atoms with E-state index in [1.165, 1.54) is 24.2 Å². The maximum Gasteiger partial charge on any atom is 0.0362 e. The third-order valence-corrected chi connectivity index (χ3v) is 4.77. The molecule has 0 heterocycles. The predicted molar refractivity (Wildman–Crippen MR) is 89.5 cm³/mol. The molecule has 1 aliphatic rings. The number of anilines is 2. The van der Waals surface area contributed by atoms with Crippen LogP contribution in [-0.2, 0) is 0 Å². The van der Waals surface area contributed by atoms with Gasteiger partial charge in [0.2, 0.25) is 0 Å². The number of hydrogen-bond acceptors (Lipinski definition) is 2. The summed E-state index contributed by atoms with van der Waals surface area (Å²) in [6, 6.07) is 9.34. The van der Waals surface area contributed by atoms with Gasteiger partial charge in [-0.25, -0.2) is 0 Å². The van der Waals surface area contributed by atoms with Crippen molar-refractivity contribution in [2.45, 2.75) is 46.6 Å². The summed E-state index contributed by atoms with van der Waals surface area (Å²) in [5.41, 5.74) is 2.85. The Kier molecular flexibility index (Phi) is 4.31. The van der Waals surface area contributed by atoms with E-state index in [0.717, 1.165) is 11.8 Å². The van der Waals surface area contributed by atoms with Crippen LogP contribution in [0.3, 0.4) is 0 Å². The van der Waals surface area contributed by atoms with E-state index in [-0.39, 0.29) is 0 Å². The van der Waals surface area contributed by atoms with Gasteiger partial charge in [-0.3, -0.25) is 0 Å². The average Bonchev–Trinajstić information content (AvgIpc) is 2.33. The van der Waals surface area contributed by atoms with E-state index >= 15 is 0 Å². The summed E-state index contributed by atoms with van der Waals surface area (Å²) in [7, 11) is 4.16. The van der Waals surface area contributed by atoms with Crippen molar-refractivity contribution in [2.24, 2.45) is 17.3 Å². The molecule has 1 fully saturated rings. The summed E-state index contributed by atoms with van der Waals surface area (Å²) in [5.74, 6) is 1.57. The molecule has 0 aliphatic heterocycles. The van der Waals surface area contributed by atoms with Crippen molar-refractivity contribution in [3.63, 3.8) is 0 Å². The molecule has 1 unspecified atom stereocenters. The van der Waals surface area contributed by atoms with Gasteiger partial charge in [0.05, 0.1) is 0 Å². The molecule has 1 aromatic carbocycles. The molecule has 0 spiro atoms. The fourth-order valence-electron chi connectivity index (χ4n) is 4.02. The smallest absolute Gasteiger partial charge is 0.0362 e. The van der Waals surface area contributed by atoms with Gasteiger partial charge in [-0.15, -0.1) is 0 Å². The van der Waals surface area contributed by atoms with Crippen LogP contribution < -0.4 is 10.2 Å². The highest BCUT2D eigenvalue weighted by atomic mass is 15.1. The van der Waals surface area contributed by atoms with Crippen LogP contribution in [0.25, 0.3) is 0 Å². The van der Waals surface area contributed by atoms with Crippen molar-refractivity contribution in [3.05, 3.63) is 24.3 Å². The van der Waals surface area contributed by atoms with Crippen molar-refractivity contribution in [3.8, 4) is 0 Å². The summed E-state index contributed by atoms with van der Waals surface area (Å²) >= 11 is 0. The highest BCUT2D eigenvalue weighted by molar-refractivity contribution is 5.55. The molecular weight excluding hydrogens is 244 g/mol. The first-order chi connectivity index (χ1) is 9.29. The summed E-state index contributed by atoms with van der Waals surface area (Å²) in [4.78, 5) is 2.14. The fourth-order valence-corrected chi connectivity index (χ4v) is 4.02. The second-order valence-electron chi connectivity index (χ2n) is 7.57. The molecule has 2 nitrogen and oxygen atoms in total. The number of nitrogens with one attached hydrogen (secondary N) is 1. The SMILES string of the molecule is CC1C[C@@H](C)[C@H](Nc2ccc(N(C)C)cc2)C(C)(C)C1. The standard InChI is InChI=1S/C18H30N2/c1-13-11-14(2)17(18(3,4)12-13)19-15-7-9-16(10-8-15)20(5)6/h7-10,13-14,17,19H,11-12H2,1-6H3/t13?,14-,17+/m1/s1. The van der Waals surface area contributed by atoms with E-state index in [0.29, 0.717) is 11.5 Å². The Morgan fingerprint density at radius 3 is 2.20 bits per heavy atom. The Labute approximate surface area is 124 Å². The van der Waals surface area contributed by atoms with Crippen LogP contribution in [0.4, 0.5) is 11.4 Å². The topological polar surface area (TPSA) is 15.3 Å². The minimum atomic E-state index is 0.358. The maximum absolute atomic E-state index is 3.79. The molecule has 2 heteroatoms. The second-order valence-corrected chi connectivity index (χ2v) is 7.57. The molecule has 1 aliphatic carbocycles. The number of benzene rings is 1. The number of rotatable bonds is 3. The van der Waals surface area contributed by atoms with Gasteiger partial charge in [0.25, 0.3) is 0 Å². The largest absolute Gasteiger partial charge is 0.382 e. The van der Waals surface area contributed by atoms with Crippen LogP contribution >= 0.6 is 0 Å². The molecule has 2 rings (SSSR count). The van der Waals surface area contributed by atoms with Gasteiger partial charge in [-0.05, 0) is 54.4 Å². The summed E-state index contributed by atoms with van der Waals surface area (Å²) in [5, 5.41) is 3.79. The normalized spacial score (nSPS) is 29.0. The van der Waals surface area contributed by atoms with Crippen LogP contribution in [0.5, 0.6) is 0 Å². The monoisotopic (exact) mass is 274 g/mol. The third-order valence-electron chi connectivity index (χ3n) is 4.77. The molecule has 1 saturated carbocycles. The Hall–Kier alpha value is -1.18. The van der Waals surface area contributed by atoms with Crippen LogP contribution in [0.2, 0.25) is 0 Å². The lowest BCUT2D eigenvalue weighted by Crippen LogP contribution is -2.46. The Bertz CT molecular complexity index is 433. The number of hydrogen-bond donors (Lipinski definition) is 1. The highest BCUT2D eigenvalue weighted by Gasteiger charge is 2.39. The van der Waals surface area contributed by atoms with Gasteiger partial charge in [0.1, 0.15) is 0 Å². The summed E-state index contributed by atoms with van der Waals surface area (Å²) in [6.45, 7) is 9.60. The minimum absolute atomic E-state index is 0.358. The van der Waals surface area contributed by atoms with E-state index in [4.69, 9.17) is 0 Å². The molecule has 20 heavy (non-hydrogen) atoms. The Morgan fingerprint density at radius 2 is 1.70 bits per heavy atom. The van der Waals surface area contributed by atoms with Crippen LogP contribution in [0.1, 0.15) is 40.5 Å². The number of nitrogens with zero attached hydrogens (tertiary/aromatic N) is 1. The molecule has 0 saturated heterocycles. The van der Waals surface area contributed by atoms with Crippen molar-refractivity contribution in [1.82, 2.24) is 0 Å². The van der Waals surface area contributed by atoms with Crippen LogP contribution in [0, 0.1) is 17.3 Å². The molecule has 1 N–H and O–H groups in total. The predicted octanol–water partition coefficient (Wildman–Crippen LogP) is 4.63. The second kappa shape index (κ2) is 5.67. The van der Waals surface area contributed by atoms with E-state index in [9.17, 15) is 0 Å². The van der Waals surface area contributed by atoms with E-state index in [2.05, 4.69) is 76.3 Å². The summed E-state index contributed by atoms with van der Waals surface area (Å²) in [6.07, 6.45) is 2.64. The molecule has 0 radical (unpaired) electrons. The van der Waals surface area contributed by atoms with Crippen molar-refractivity contribution in [1.29, 1.82) is 0 Å². The first-order valence-corrected chi connectivity index (χ1v) is 7.83. The maximum atomic E-state index is 3.79. The molecule has 3 atom stereocenters. The summed E-state index contributed by atoms with van der Waals surface area (Å²) < 4.78 is 0. The lowest BCUT2D eigenvalue weighted by atomic mass is 9.65. The zero-order chi connectivity index (χ0) is 14.9. The van der Waals surface area contributed by atoms with Gasteiger partial charge < -0.3 is 10.2 Å². The highest BCUT2D eigenvalue weighted by Crippen LogP contribution is 2.43. The fraction of sp³-hybridized carbons (Fsp3) is 0.667. The quantitative estimate of drug-likeness (QED) is 0.865. The molecule has 1 aromatic rings. The van der Waals surface area contributed by atoms with Gasteiger partial charge in [-0.1, -0.05) is 27.7 Å². The molecule has 112 valence electrons. The van der Waals surface area contributed by atoms with Gasteiger partial charge in [0, 0.05) is 31.5 Å². The molecular formula is C18H30N2. The lowest BCUT2D eigenvalue weighted by Gasteiger charge is -2.46. The molecule has 0 aromatic heterocycles. The van der Waals surface area contributed by atoms with Crippen molar-refractivity contribution in [2.75, 3.05) is 24.3 Å². The zero-order valence-corrected chi connectivity index (χ0v) is 13.9. The van der Waals surface area contributed by atoms with E-state index in [1.54, 1.807) is 0 Å². The minimum Gasteiger partial charge on any atom is -0.382 e. The van der Waals surface area contributed by atoms with Crippen LogP contribution in [-0.4, -0.2) is 20.1 Å². The first-order valence-electron chi connectivity index (χ1n) is 7.83. The molecule has 0 amide bonds. The van der Waals surface area contributed by atoms with Crippen molar-refractivity contribution >= 4 is 11.4 Å². The van der Waals surface area contributed by atoms with E-state index in [1.807, 2.05) is 0 Å². The van der Waals surface area contributed by atoms with Gasteiger partial charge >= 0.3 is 0 Å². The van der Waals surface area contributed by atoms with Gasteiger partial charge in [-0.2, -0.15) is 0 Å². The van der Waals surface area contributed by atoms with Crippen molar-refractivity contribution < 1.29 is 0 Å². The van der Waals surface area contributed by atoms with E-state index < -0.39 is 0 Å². The average molecular weight is 274 g/mol. The third kappa shape index (κ3) is 3.28. The van der Waals surface area contributed by atoms with Gasteiger partial charge in [0.15, 0.2) is 0 Å². The Morgan fingerprint density at radius 1 is 1.10 bits per heavy atom. The zero-order valence-electron chi connectivity index (χ0n) is 13.9.